The molecule has 37 heavy (non-hydrogen) atoms. The van der Waals surface area contributed by atoms with E-state index >= 15 is 0 Å². The Hall–Kier alpha value is -3.84. The molecule has 0 atom stereocenters. The Balaban J connectivity index is 1.65. The second kappa shape index (κ2) is 8.92. The average Bonchev–Trinajstić information content (AvgIpc) is 2.89. The molecule has 0 aliphatic heterocycles. The van der Waals surface area contributed by atoms with Gasteiger partial charge in [-0.1, -0.05) is 88.4 Å². The first-order chi connectivity index (χ1) is 17.8. The van der Waals surface area contributed by atoms with Gasteiger partial charge in [-0.25, -0.2) is 0 Å². The summed E-state index contributed by atoms with van der Waals surface area (Å²) in [5.41, 5.74) is 9.04. The molecule has 0 bridgehead atoms. The van der Waals surface area contributed by atoms with Crippen molar-refractivity contribution in [1.82, 2.24) is 0 Å². The summed E-state index contributed by atoms with van der Waals surface area (Å²) in [6, 6.07) is 34.4. The molecule has 1 nitrogen and oxygen atoms in total. The smallest absolute Gasteiger partial charge is 0.0540 e. The molecular formula is C36H35N. The highest BCUT2D eigenvalue weighted by molar-refractivity contribution is 6.26. The predicted molar refractivity (Wildman–Crippen MR) is 162 cm³/mol. The van der Waals surface area contributed by atoms with E-state index in [2.05, 4.69) is 137 Å². The Bertz CT molecular complexity index is 1740. The van der Waals surface area contributed by atoms with Gasteiger partial charge in [0.05, 0.1) is 5.69 Å². The van der Waals surface area contributed by atoms with Gasteiger partial charge in [0.2, 0.25) is 0 Å². The second-order valence-corrected chi connectivity index (χ2v) is 11.2. The summed E-state index contributed by atoms with van der Waals surface area (Å²) in [4.78, 5) is 2.44. The van der Waals surface area contributed by atoms with Crippen LogP contribution in [0.1, 0.15) is 61.8 Å². The van der Waals surface area contributed by atoms with E-state index in [1.807, 2.05) is 0 Å². The third kappa shape index (κ3) is 3.85. The van der Waals surface area contributed by atoms with Crippen LogP contribution in [0.2, 0.25) is 0 Å². The minimum absolute atomic E-state index is 0.505. The lowest BCUT2D eigenvalue weighted by atomic mass is 9.91. The van der Waals surface area contributed by atoms with E-state index in [9.17, 15) is 0 Å². The van der Waals surface area contributed by atoms with Gasteiger partial charge in [-0.05, 0) is 105 Å². The molecule has 0 aliphatic carbocycles. The van der Waals surface area contributed by atoms with Crippen LogP contribution in [0.25, 0.3) is 32.3 Å². The highest BCUT2D eigenvalue weighted by Gasteiger charge is 2.19. The van der Waals surface area contributed by atoms with E-state index in [1.165, 1.54) is 71.6 Å². The van der Waals surface area contributed by atoms with Crippen LogP contribution < -0.4 is 4.90 Å². The van der Waals surface area contributed by atoms with Crippen molar-refractivity contribution in [1.29, 1.82) is 0 Å². The van der Waals surface area contributed by atoms with Crippen molar-refractivity contribution < 1.29 is 0 Å². The summed E-state index contributed by atoms with van der Waals surface area (Å²) in [5, 5.41) is 7.97. The van der Waals surface area contributed by atoms with Gasteiger partial charge < -0.3 is 4.90 Å². The van der Waals surface area contributed by atoms with Crippen molar-refractivity contribution >= 4 is 49.4 Å². The fourth-order valence-corrected chi connectivity index (χ4v) is 6.01. The second-order valence-electron chi connectivity index (χ2n) is 11.2. The molecule has 0 fully saturated rings. The van der Waals surface area contributed by atoms with Crippen molar-refractivity contribution in [3.63, 3.8) is 0 Å². The number of rotatable bonds is 5. The molecule has 0 amide bonds. The number of anilines is 3. The highest BCUT2D eigenvalue weighted by atomic mass is 15.1. The summed E-state index contributed by atoms with van der Waals surface area (Å²) in [7, 11) is 0. The van der Waals surface area contributed by atoms with Crippen molar-refractivity contribution in [2.45, 2.75) is 53.4 Å². The summed E-state index contributed by atoms with van der Waals surface area (Å²) in [6.45, 7) is 13.5. The minimum atomic E-state index is 0.505. The number of hydrogen-bond donors (Lipinski definition) is 0. The molecule has 6 rings (SSSR count). The van der Waals surface area contributed by atoms with Gasteiger partial charge in [0.25, 0.3) is 0 Å². The maximum atomic E-state index is 2.44. The van der Waals surface area contributed by atoms with Crippen molar-refractivity contribution in [2.75, 3.05) is 4.90 Å². The molecule has 1 heteroatoms. The molecule has 0 spiro atoms. The molecule has 6 aromatic rings. The molecule has 0 unspecified atom stereocenters. The zero-order valence-corrected chi connectivity index (χ0v) is 22.8. The molecule has 0 heterocycles. The van der Waals surface area contributed by atoms with Crippen LogP contribution in [0.5, 0.6) is 0 Å². The molecule has 0 radical (unpaired) electrons. The van der Waals surface area contributed by atoms with Gasteiger partial charge in [-0.15, -0.1) is 0 Å². The molecule has 0 saturated heterocycles. The first-order valence-corrected chi connectivity index (χ1v) is 13.5. The van der Waals surface area contributed by atoms with Crippen LogP contribution in [-0.2, 0) is 0 Å². The van der Waals surface area contributed by atoms with Crippen LogP contribution in [0.3, 0.4) is 0 Å². The van der Waals surface area contributed by atoms with E-state index in [1.54, 1.807) is 0 Å². The quantitative estimate of drug-likeness (QED) is 0.221. The molecule has 184 valence electrons. The molecule has 0 aliphatic rings. The Labute approximate surface area is 220 Å². The SMILES string of the molecule is Cc1cc(N(c2ccc(C(C)C)cc2)c2ccc3ccc4c(C)ccc5ccc2c3c54)ccc1C(C)C. The predicted octanol–water partition coefficient (Wildman–Crippen LogP) is 10.9. The zero-order chi connectivity index (χ0) is 25.8. The Kier molecular flexibility index (Phi) is 5.68. The van der Waals surface area contributed by atoms with Crippen LogP contribution in [0, 0.1) is 13.8 Å². The Morgan fingerprint density at radius 2 is 1.11 bits per heavy atom. The molecule has 0 saturated carbocycles. The van der Waals surface area contributed by atoms with E-state index in [0.717, 1.165) is 0 Å². The number of nitrogens with zero attached hydrogens (tertiary/aromatic N) is 1. The molecule has 6 aromatic carbocycles. The van der Waals surface area contributed by atoms with E-state index in [4.69, 9.17) is 0 Å². The summed E-state index contributed by atoms with van der Waals surface area (Å²) in [6.07, 6.45) is 0. The number of benzene rings is 6. The fraction of sp³-hybridized carbons (Fsp3) is 0.222. The van der Waals surface area contributed by atoms with Crippen molar-refractivity contribution in [3.05, 3.63) is 113 Å². The standard InChI is InChI=1S/C36H35N/c1-22(2)26-9-14-29(15-10-26)37(30-16-19-31(23(3)4)25(6)21-30)34-20-13-28-11-17-32-24(5)7-8-27-12-18-33(34)36(28)35(27)32/h7-23H,1-6H3. The number of hydrogen-bond acceptors (Lipinski definition) is 1. The highest BCUT2D eigenvalue weighted by Crippen LogP contribution is 2.44. The van der Waals surface area contributed by atoms with E-state index < -0.39 is 0 Å². The lowest BCUT2D eigenvalue weighted by molar-refractivity contribution is 0.856. The summed E-state index contributed by atoms with van der Waals surface area (Å²) < 4.78 is 0. The lowest BCUT2D eigenvalue weighted by Gasteiger charge is -2.29. The van der Waals surface area contributed by atoms with E-state index in [0.29, 0.717) is 11.8 Å². The van der Waals surface area contributed by atoms with Gasteiger partial charge in [0.15, 0.2) is 0 Å². The third-order valence-electron chi connectivity index (χ3n) is 8.05. The van der Waals surface area contributed by atoms with Gasteiger partial charge in [-0.3, -0.25) is 0 Å². The maximum absolute atomic E-state index is 2.44. The minimum Gasteiger partial charge on any atom is -0.310 e. The maximum Gasteiger partial charge on any atom is 0.0540 e. The molecular weight excluding hydrogens is 446 g/mol. The first kappa shape index (κ1) is 23.6. The van der Waals surface area contributed by atoms with Crippen LogP contribution in [0.4, 0.5) is 17.1 Å². The molecule has 0 N–H and O–H groups in total. The lowest BCUT2D eigenvalue weighted by Crippen LogP contribution is -2.11. The largest absolute Gasteiger partial charge is 0.310 e. The first-order valence-electron chi connectivity index (χ1n) is 13.5. The Morgan fingerprint density at radius 3 is 1.76 bits per heavy atom. The topological polar surface area (TPSA) is 3.24 Å². The van der Waals surface area contributed by atoms with Crippen LogP contribution in [0.15, 0.2) is 91.0 Å². The number of aryl methyl sites for hydroxylation is 2. The van der Waals surface area contributed by atoms with Gasteiger partial charge in [-0.2, -0.15) is 0 Å². The zero-order valence-electron chi connectivity index (χ0n) is 22.8. The summed E-state index contributed by atoms with van der Waals surface area (Å²) in [5.74, 6) is 1.01. The fourth-order valence-electron chi connectivity index (χ4n) is 6.01. The van der Waals surface area contributed by atoms with Crippen molar-refractivity contribution in [3.8, 4) is 0 Å². The van der Waals surface area contributed by atoms with Crippen molar-refractivity contribution in [2.24, 2.45) is 0 Å². The van der Waals surface area contributed by atoms with Crippen LogP contribution in [-0.4, -0.2) is 0 Å². The van der Waals surface area contributed by atoms with Gasteiger partial charge in [0.1, 0.15) is 0 Å². The average molecular weight is 482 g/mol. The monoisotopic (exact) mass is 481 g/mol. The van der Waals surface area contributed by atoms with Gasteiger partial charge >= 0.3 is 0 Å². The van der Waals surface area contributed by atoms with E-state index in [-0.39, 0.29) is 0 Å². The third-order valence-corrected chi connectivity index (χ3v) is 8.05. The normalized spacial score (nSPS) is 12.0. The Morgan fingerprint density at radius 1 is 0.514 bits per heavy atom. The van der Waals surface area contributed by atoms with Gasteiger partial charge in [0, 0.05) is 16.8 Å². The van der Waals surface area contributed by atoms with Crippen LogP contribution >= 0.6 is 0 Å². The summed E-state index contributed by atoms with van der Waals surface area (Å²) >= 11 is 0. The molecule has 0 aromatic heterocycles.